The second-order valence-corrected chi connectivity index (χ2v) is 8.96. The maximum atomic E-state index is 12.9. The van der Waals surface area contributed by atoms with E-state index in [1.165, 1.54) is 16.7 Å². The molecule has 0 aromatic heterocycles. The van der Waals surface area contributed by atoms with Crippen molar-refractivity contribution < 1.29 is 14.7 Å². The lowest BCUT2D eigenvalue weighted by atomic mass is 9.85. The quantitative estimate of drug-likeness (QED) is 0.772. The van der Waals surface area contributed by atoms with Crippen molar-refractivity contribution >= 4 is 24.4 Å². The number of nitrogens with zero attached hydrogens (tertiary/aromatic N) is 3. The van der Waals surface area contributed by atoms with Crippen LogP contribution in [-0.4, -0.2) is 77.6 Å². The SMILES string of the molecule is CN1CCc2ccc(CCN3CCN([C@H]4CC[C@H](C(=O)O)CC4)C3=O)cc2CC1.Cl. The van der Waals surface area contributed by atoms with E-state index < -0.39 is 5.97 Å². The molecule has 1 aromatic carbocycles. The predicted octanol–water partition coefficient (Wildman–Crippen LogP) is 3.06. The van der Waals surface area contributed by atoms with E-state index in [1.807, 2.05) is 9.80 Å². The topological polar surface area (TPSA) is 64.1 Å². The Morgan fingerprint density at radius 1 is 1.03 bits per heavy atom. The van der Waals surface area contributed by atoms with Crippen molar-refractivity contribution in [2.45, 2.75) is 51.0 Å². The molecule has 2 heterocycles. The molecule has 2 amide bonds. The van der Waals surface area contributed by atoms with Crippen molar-refractivity contribution in [2.75, 3.05) is 39.8 Å². The number of halogens is 1. The number of hydrogen-bond acceptors (Lipinski definition) is 3. The van der Waals surface area contributed by atoms with Gasteiger partial charge in [0.15, 0.2) is 0 Å². The Hall–Kier alpha value is -1.79. The van der Waals surface area contributed by atoms with Crippen molar-refractivity contribution in [3.05, 3.63) is 34.9 Å². The number of urea groups is 1. The molecular weight excluding hydrogens is 402 g/mol. The molecule has 1 aromatic rings. The highest BCUT2D eigenvalue weighted by Crippen LogP contribution is 2.30. The van der Waals surface area contributed by atoms with Crippen molar-refractivity contribution in [2.24, 2.45) is 5.92 Å². The standard InChI is InChI=1S/C23H33N3O3.ClH/c1-24-11-9-18-3-2-17(16-20(18)10-12-24)8-13-25-14-15-26(23(25)29)21-6-4-19(5-7-21)22(27)28;/h2-3,16,19,21H,4-15H2,1H3,(H,27,28);1H/t19-,21-;. The lowest BCUT2D eigenvalue weighted by Crippen LogP contribution is -2.42. The monoisotopic (exact) mass is 435 g/mol. The number of aliphatic carboxylic acids is 1. The summed E-state index contributed by atoms with van der Waals surface area (Å²) in [5.74, 6) is -0.918. The summed E-state index contributed by atoms with van der Waals surface area (Å²) in [5, 5.41) is 9.17. The van der Waals surface area contributed by atoms with E-state index in [2.05, 4.69) is 30.1 Å². The van der Waals surface area contributed by atoms with Crippen molar-refractivity contribution in [3.63, 3.8) is 0 Å². The first-order valence-electron chi connectivity index (χ1n) is 11.1. The fourth-order valence-electron chi connectivity index (χ4n) is 5.09. The number of fused-ring (bicyclic) bond motifs is 1. The molecule has 1 saturated carbocycles. The van der Waals surface area contributed by atoms with Gasteiger partial charge in [0.1, 0.15) is 0 Å². The third kappa shape index (κ3) is 5.09. The lowest BCUT2D eigenvalue weighted by Gasteiger charge is -2.33. The largest absolute Gasteiger partial charge is 0.481 e. The summed E-state index contributed by atoms with van der Waals surface area (Å²) < 4.78 is 0. The second kappa shape index (κ2) is 10.0. The third-order valence-corrected chi connectivity index (χ3v) is 7.08. The summed E-state index contributed by atoms with van der Waals surface area (Å²) in [6, 6.07) is 7.21. The van der Waals surface area contributed by atoms with Gasteiger partial charge in [-0.05, 0) is 68.7 Å². The number of hydrogen-bond donors (Lipinski definition) is 1. The van der Waals surface area contributed by atoms with Crippen molar-refractivity contribution in [1.29, 1.82) is 0 Å². The van der Waals surface area contributed by atoms with E-state index >= 15 is 0 Å². The highest BCUT2D eigenvalue weighted by molar-refractivity contribution is 5.85. The number of carboxylic acids is 1. The van der Waals surface area contributed by atoms with Crippen LogP contribution in [0, 0.1) is 5.92 Å². The fraction of sp³-hybridized carbons (Fsp3) is 0.652. The Bertz CT molecular complexity index is 764. The number of rotatable bonds is 5. The molecule has 2 fully saturated rings. The zero-order chi connectivity index (χ0) is 20.4. The summed E-state index contributed by atoms with van der Waals surface area (Å²) in [6.45, 7) is 4.56. The number of carboxylic acid groups (broad SMARTS) is 1. The Labute approximate surface area is 185 Å². The summed E-state index contributed by atoms with van der Waals surface area (Å²) in [4.78, 5) is 30.4. The Morgan fingerprint density at radius 3 is 2.43 bits per heavy atom. The molecule has 2 aliphatic heterocycles. The number of likely N-dealkylation sites (N-methyl/N-ethyl adjacent to an activating group) is 1. The van der Waals surface area contributed by atoms with Gasteiger partial charge < -0.3 is 19.8 Å². The minimum atomic E-state index is -0.690. The predicted molar refractivity (Wildman–Crippen MR) is 119 cm³/mol. The van der Waals surface area contributed by atoms with Gasteiger partial charge in [0.25, 0.3) is 0 Å². The van der Waals surface area contributed by atoms with Crippen LogP contribution in [0.1, 0.15) is 42.4 Å². The highest BCUT2D eigenvalue weighted by atomic mass is 35.5. The number of carbonyl (C=O) groups excluding carboxylic acids is 1. The summed E-state index contributed by atoms with van der Waals surface area (Å²) >= 11 is 0. The van der Waals surface area contributed by atoms with E-state index in [1.54, 1.807) is 0 Å². The molecule has 6 nitrogen and oxygen atoms in total. The minimum Gasteiger partial charge on any atom is -0.481 e. The molecule has 1 saturated heterocycles. The minimum absolute atomic E-state index is 0. The number of benzene rings is 1. The Balaban J connectivity index is 0.00000256. The van der Waals surface area contributed by atoms with Crippen LogP contribution in [0.25, 0.3) is 0 Å². The zero-order valence-electron chi connectivity index (χ0n) is 17.9. The van der Waals surface area contributed by atoms with Crippen molar-refractivity contribution in [1.82, 2.24) is 14.7 Å². The lowest BCUT2D eigenvalue weighted by molar-refractivity contribution is -0.143. The van der Waals surface area contributed by atoms with Gasteiger partial charge >= 0.3 is 12.0 Å². The van der Waals surface area contributed by atoms with Crippen LogP contribution in [0.3, 0.4) is 0 Å². The zero-order valence-corrected chi connectivity index (χ0v) is 18.7. The van der Waals surface area contributed by atoms with Crippen LogP contribution in [0.15, 0.2) is 18.2 Å². The summed E-state index contributed by atoms with van der Waals surface area (Å²) in [6.07, 6.45) is 6.13. The molecule has 0 spiro atoms. The highest BCUT2D eigenvalue weighted by Gasteiger charge is 2.36. The van der Waals surface area contributed by atoms with Crippen LogP contribution in [0.5, 0.6) is 0 Å². The van der Waals surface area contributed by atoms with Crippen LogP contribution in [-0.2, 0) is 24.1 Å². The van der Waals surface area contributed by atoms with Gasteiger partial charge in [-0.3, -0.25) is 4.79 Å². The fourth-order valence-corrected chi connectivity index (χ4v) is 5.09. The van der Waals surface area contributed by atoms with E-state index in [9.17, 15) is 14.7 Å². The van der Waals surface area contributed by atoms with Gasteiger partial charge in [0.05, 0.1) is 5.92 Å². The number of amides is 2. The normalized spacial score (nSPS) is 24.9. The first-order chi connectivity index (χ1) is 14.0. The molecule has 1 aliphatic carbocycles. The number of carbonyl (C=O) groups is 2. The maximum absolute atomic E-state index is 12.9. The molecule has 3 aliphatic rings. The van der Waals surface area contributed by atoms with Gasteiger partial charge in [-0.15, -0.1) is 12.4 Å². The van der Waals surface area contributed by atoms with E-state index in [-0.39, 0.29) is 30.4 Å². The molecule has 0 unspecified atom stereocenters. The van der Waals surface area contributed by atoms with Crippen LogP contribution in [0.2, 0.25) is 0 Å². The first kappa shape index (κ1) is 22.9. The maximum Gasteiger partial charge on any atom is 0.320 e. The molecule has 4 rings (SSSR count). The molecule has 30 heavy (non-hydrogen) atoms. The van der Waals surface area contributed by atoms with Gasteiger partial charge in [0, 0.05) is 38.8 Å². The smallest absolute Gasteiger partial charge is 0.320 e. The van der Waals surface area contributed by atoms with Gasteiger partial charge in [-0.1, -0.05) is 18.2 Å². The van der Waals surface area contributed by atoms with Crippen LogP contribution >= 0.6 is 12.4 Å². The van der Waals surface area contributed by atoms with Gasteiger partial charge in [-0.25, -0.2) is 4.79 Å². The van der Waals surface area contributed by atoms with E-state index in [4.69, 9.17) is 0 Å². The van der Waals surface area contributed by atoms with E-state index in [0.29, 0.717) is 12.8 Å². The first-order valence-corrected chi connectivity index (χ1v) is 11.1. The van der Waals surface area contributed by atoms with Crippen LogP contribution < -0.4 is 0 Å². The van der Waals surface area contributed by atoms with Gasteiger partial charge in [0.2, 0.25) is 0 Å². The molecule has 1 N–H and O–H groups in total. The molecule has 166 valence electrons. The molecular formula is C23H34ClN3O3. The summed E-state index contributed by atoms with van der Waals surface area (Å²) in [5.41, 5.74) is 4.26. The third-order valence-electron chi connectivity index (χ3n) is 7.08. The Kier molecular flexibility index (Phi) is 7.64. The van der Waals surface area contributed by atoms with Gasteiger partial charge in [-0.2, -0.15) is 0 Å². The Morgan fingerprint density at radius 2 is 1.73 bits per heavy atom. The molecule has 0 atom stereocenters. The second-order valence-electron chi connectivity index (χ2n) is 8.96. The molecule has 0 radical (unpaired) electrons. The molecule has 0 bridgehead atoms. The average Bonchev–Trinajstić information content (AvgIpc) is 2.99. The van der Waals surface area contributed by atoms with E-state index in [0.717, 1.165) is 64.8 Å². The average molecular weight is 436 g/mol. The summed E-state index contributed by atoms with van der Waals surface area (Å²) in [7, 11) is 2.19. The van der Waals surface area contributed by atoms with Crippen molar-refractivity contribution in [3.8, 4) is 0 Å². The van der Waals surface area contributed by atoms with Crippen LogP contribution in [0.4, 0.5) is 4.79 Å². The molecule has 7 heteroatoms.